The van der Waals surface area contributed by atoms with E-state index in [9.17, 15) is 26.4 Å². The number of carbonyl (C=O) groups is 1. The zero-order valence-electron chi connectivity index (χ0n) is 16.9. The average molecular weight is 466 g/mol. The van der Waals surface area contributed by atoms with Gasteiger partial charge in [0.25, 0.3) is 5.91 Å². The third-order valence-electron chi connectivity index (χ3n) is 4.97. The first-order chi connectivity index (χ1) is 15.1. The molecule has 0 atom stereocenters. The number of amides is 1. The molecular weight excluding hydrogens is 445 g/mol. The molecule has 11 heteroatoms. The fourth-order valence-electron chi connectivity index (χ4n) is 3.35. The number of rotatable bonds is 7. The molecule has 7 nitrogen and oxygen atoms in total. The molecule has 1 fully saturated rings. The van der Waals surface area contributed by atoms with Crippen LogP contribution < -0.4 is 14.9 Å². The highest BCUT2D eigenvalue weighted by molar-refractivity contribution is 7.89. The summed E-state index contributed by atoms with van der Waals surface area (Å²) in [6, 6.07) is 10.1. The van der Waals surface area contributed by atoms with E-state index in [2.05, 4.69) is 10.0 Å². The minimum absolute atomic E-state index is 0.00998. The van der Waals surface area contributed by atoms with E-state index in [1.165, 1.54) is 30.3 Å². The summed E-state index contributed by atoms with van der Waals surface area (Å²) >= 11 is 0. The first kappa shape index (κ1) is 23.6. The van der Waals surface area contributed by atoms with E-state index in [-0.39, 0.29) is 29.1 Å². The molecule has 3 rings (SSSR count). The molecule has 0 spiro atoms. The first-order valence-electron chi connectivity index (χ1n) is 9.86. The Morgan fingerprint density at radius 1 is 1.09 bits per heavy atom. The molecule has 0 unspecified atom stereocenters. The van der Waals surface area contributed by atoms with Crippen LogP contribution >= 0.6 is 0 Å². The summed E-state index contributed by atoms with van der Waals surface area (Å²) in [5, 5.41) is 11.0. The summed E-state index contributed by atoms with van der Waals surface area (Å²) in [7, 11) is -3.84. The zero-order chi connectivity index (χ0) is 23.4. The van der Waals surface area contributed by atoms with Gasteiger partial charge in [-0.2, -0.15) is 18.4 Å². The molecule has 2 aromatic rings. The summed E-state index contributed by atoms with van der Waals surface area (Å²) < 4.78 is 66.2. The maximum atomic E-state index is 13.2. The van der Waals surface area contributed by atoms with Crippen LogP contribution in [-0.2, 0) is 16.2 Å². The van der Waals surface area contributed by atoms with Crippen molar-refractivity contribution in [2.45, 2.75) is 30.3 Å². The van der Waals surface area contributed by atoms with Crippen molar-refractivity contribution in [3.8, 4) is 6.07 Å². The van der Waals surface area contributed by atoms with Gasteiger partial charge in [0.1, 0.15) is 0 Å². The van der Waals surface area contributed by atoms with Gasteiger partial charge in [0.2, 0.25) is 10.0 Å². The van der Waals surface area contributed by atoms with Gasteiger partial charge in [0.05, 0.1) is 27.9 Å². The predicted octanol–water partition coefficient (Wildman–Crippen LogP) is 3.75. The Bertz CT molecular complexity index is 1120. The van der Waals surface area contributed by atoms with Crippen molar-refractivity contribution in [1.29, 1.82) is 5.26 Å². The number of sulfonamides is 1. The molecule has 0 aromatic heterocycles. The second-order valence-electron chi connectivity index (χ2n) is 7.21. The molecule has 1 amide bonds. The second-order valence-corrected chi connectivity index (χ2v) is 8.98. The maximum absolute atomic E-state index is 13.2. The summed E-state index contributed by atoms with van der Waals surface area (Å²) in [4.78, 5) is 14.5. The highest BCUT2D eigenvalue weighted by atomic mass is 32.2. The van der Waals surface area contributed by atoms with Gasteiger partial charge in [-0.3, -0.25) is 4.79 Å². The minimum Gasteiger partial charge on any atom is -0.370 e. The normalized spacial score (nSPS) is 14.2. The molecule has 170 valence electrons. The molecule has 1 aliphatic heterocycles. The molecule has 2 aromatic carbocycles. The third kappa shape index (κ3) is 5.57. The lowest BCUT2D eigenvalue weighted by molar-refractivity contribution is -0.137. The molecule has 2 N–H and O–H groups in total. The van der Waals surface area contributed by atoms with Crippen molar-refractivity contribution in [3.63, 3.8) is 0 Å². The van der Waals surface area contributed by atoms with Gasteiger partial charge < -0.3 is 10.2 Å². The summed E-state index contributed by atoms with van der Waals surface area (Å²) in [5.74, 6) is -0.661. The molecule has 1 saturated heterocycles. The van der Waals surface area contributed by atoms with E-state index in [1.807, 2.05) is 11.0 Å². The molecule has 1 heterocycles. The number of nitrogens with one attached hydrogen (secondary N) is 2. The number of halogens is 3. The molecule has 0 aliphatic carbocycles. The van der Waals surface area contributed by atoms with Gasteiger partial charge in [-0.15, -0.1) is 0 Å². The van der Waals surface area contributed by atoms with Crippen LogP contribution in [0.4, 0.5) is 24.5 Å². The van der Waals surface area contributed by atoms with Crippen LogP contribution in [-0.4, -0.2) is 34.0 Å². The number of anilines is 2. The fourth-order valence-corrected chi connectivity index (χ4v) is 4.38. The Hall–Kier alpha value is -3.10. The SMILES string of the molecule is N#CCCNS(=O)(=O)c1ccc(C(=O)Nc2cc(C(F)(F)F)ccc2N2CCCC2)cc1. The number of nitriles is 1. The molecule has 32 heavy (non-hydrogen) atoms. The van der Waals surface area contributed by atoms with E-state index in [0.29, 0.717) is 18.8 Å². The number of benzene rings is 2. The highest BCUT2D eigenvalue weighted by Crippen LogP contribution is 2.36. The van der Waals surface area contributed by atoms with Crippen LogP contribution in [0.25, 0.3) is 0 Å². The van der Waals surface area contributed by atoms with Crippen molar-refractivity contribution >= 4 is 27.3 Å². The summed E-state index contributed by atoms with van der Waals surface area (Å²) in [5.41, 5.74) is -0.238. The lowest BCUT2D eigenvalue weighted by Gasteiger charge is -2.23. The van der Waals surface area contributed by atoms with Gasteiger partial charge in [-0.05, 0) is 55.3 Å². The van der Waals surface area contributed by atoms with Gasteiger partial charge in [0.15, 0.2) is 0 Å². The summed E-state index contributed by atoms with van der Waals surface area (Å²) in [6.45, 7) is 1.31. The molecule has 1 aliphatic rings. The van der Waals surface area contributed by atoms with Gasteiger partial charge in [0, 0.05) is 31.6 Å². The molecule has 0 radical (unpaired) electrons. The standard InChI is InChI=1S/C21H21F3N4O3S/c22-21(23,24)16-6-9-19(28-12-1-2-13-28)18(14-16)27-20(29)15-4-7-17(8-5-15)32(30,31)26-11-3-10-25/h4-9,14,26H,1-3,11-13H2,(H,27,29). The Morgan fingerprint density at radius 2 is 1.75 bits per heavy atom. The predicted molar refractivity (Wildman–Crippen MR) is 113 cm³/mol. The van der Waals surface area contributed by atoms with Gasteiger partial charge in [-0.1, -0.05) is 0 Å². The zero-order valence-corrected chi connectivity index (χ0v) is 17.8. The smallest absolute Gasteiger partial charge is 0.370 e. The van der Waals surface area contributed by atoms with Crippen molar-refractivity contribution in [3.05, 3.63) is 53.6 Å². The van der Waals surface area contributed by atoms with Gasteiger partial charge >= 0.3 is 6.18 Å². The lowest BCUT2D eigenvalue weighted by atomic mass is 10.1. The van der Waals surface area contributed by atoms with Crippen LogP contribution in [0.1, 0.15) is 35.2 Å². The molecule has 0 bridgehead atoms. The van der Waals surface area contributed by atoms with Crippen LogP contribution in [0.15, 0.2) is 47.4 Å². The largest absolute Gasteiger partial charge is 0.416 e. The van der Waals surface area contributed by atoms with Gasteiger partial charge in [-0.25, -0.2) is 13.1 Å². The number of hydrogen-bond donors (Lipinski definition) is 2. The quantitative estimate of drug-likeness (QED) is 0.605. The lowest BCUT2D eigenvalue weighted by Crippen LogP contribution is -2.24. The fraction of sp³-hybridized carbons (Fsp3) is 0.333. The van der Waals surface area contributed by atoms with E-state index in [4.69, 9.17) is 5.26 Å². The molecular formula is C21H21F3N4O3S. The maximum Gasteiger partial charge on any atom is 0.416 e. The van der Waals surface area contributed by atoms with E-state index < -0.39 is 27.7 Å². The second kappa shape index (κ2) is 9.58. The van der Waals surface area contributed by atoms with Crippen molar-refractivity contribution in [2.24, 2.45) is 0 Å². The Balaban J connectivity index is 1.82. The first-order valence-corrected chi connectivity index (χ1v) is 11.3. The van der Waals surface area contributed by atoms with Crippen LogP contribution in [0.5, 0.6) is 0 Å². The molecule has 0 saturated carbocycles. The van der Waals surface area contributed by atoms with Crippen LogP contribution in [0, 0.1) is 11.3 Å². The third-order valence-corrected chi connectivity index (χ3v) is 6.45. The monoisotopic (exact) mass is 466 g/mol. The number of nitrogens with zero attached hydrogens (tertiary/aromatic N) is 2. The summed E-state index contributed by atoms with van der Waals surface area (Å²) in [6.07, 6.45) is -2.73. The van der Waals surface area contributed by atoms with Crippen LogP contribution in [0.2, 0.25) is 0 Å². The highest BCUT2D eigenvalue weighted by Gasteiger charge is 2.32. The minimum atomic E-state index is -4.56. The Labute approximate surface area is 183 Å². The van der Waals surface area contributed by atoms with Crippen molar-refractivity contribution in [2.75, 3.05) is 29.9 Å². The van der Waals surface area contributed by atoms with Crippen LogP contribution in [0.3, 0.4) is 0 Å². The average Bonchev–Trinajstić information content (AvgIpc) is 3.28. The van der Waals surface area contributed by atoms with E-state index in [1.54, 1.807) is 0 Å². The van der Waals surface area contributed by atoms with E-state index >= 15 is 0 Å². The Kier molecular flexibility index (Phi) is 7.06. The number of alkyl halides is 3. The van der Waals surface area contributed by atoms with Crippen molar-refractivity contribution < 1.29 is 26.4 Å². The van der Waals surface area contributed by atoms with Crippen molar-refractivity contribution in [1.82, 2.24) is 4.72 Å². The topological polar surface area (TPSA) is 102 Å². The van der Waals surface area contributed by atoms with E-state index in [0.717, 1.165) is 25.0 Å². The Morgan fingerprint density at radius 3 is 2.34 bits per heavy atom. The number of hydrogen-bond acceptors (Lipinski definition) is 5. The number of carbonyl (C=O) groups excluding carboxylic acids is 1.